The lowest BCUT2D eigenvalue weighted by Crippen LogP contribution is -2.26. The van der Waals surface area contributed by atoms with E-state index in [1.165, 1.54) is 5.01 Å². The maximum atomic E-state index is 12.4. The van der Waals surface area contributed by atoms with E-state index in [9.17, 15) is 9.90 Å². The van der Waals surface area contributed by atoms with Crippen LogP contribution in [0.1, 0.15) is 36.9 Å². The summed E-state index contributed by atoms with van der Waals surface area (Å²) in [7, 11) is 3.16. The number of hydrazone groups is 1. The predicted octanol–water partition coefficient (Wildman–Crippen LogP) is 3.50. The summed E-state index contributed by atoms with van der Waals surface area (Å²) in [6.07, 6.45) is 0.853. The molecule has 0 fully saturated rings. The van der Waals surface area contributed by atoms with Gasteiger partial charge in [0.1, 0.15) is 5.75 Å². The Bertz CT molecular complexity index is 847. The van der Waals surface area contributed by atoms with Crippen molar-refractivity contribution in [3.63, 3.8) is 0 Å². The summed E-state index contributed by atoms with van der Waals surface area (Å²) in [5, 5.41) is 16.3. The zero-order chi connectivity index (χ0) is 18.7. The number of hydrogen-bond donors (Lipinski definition) is 1. The molecule has 1 aliphatic heterocycles. The molecular weight excluding hydrogens is 332 g/mol. The number of methoxy groups -OCH3 is 2. The molecule has 6 nitrogen and oxygen atoms in total. The van der Waals surface area contributed by atoms with Gasteiger partial charge in [0.2, 0.25) is 5.91 Å². The van der Waals surface area contributed by atoms with E-state index < -0.39 is 0 Å². The summed E-state index contributed by atoms with van der Waals surface area (Å²) in [6.45, 7) is 1.80. The van der Waals surface area contributed by atoms with Crippen LogP contribution in [0.25, 0.3) is 0 Å². The first kappa shape index (κ1) is 17.8. The normalized spacial score (nSPS) is 16.3. The van der Waals surface area contributed by atoms with Crippen LogP contribution in [0.2, 0.25) is 0 Å². The zero-order valence-corrected chi connectivity index (χ0v) is 15.1. The van der Waals surface area contributed by atoms with Gasteiger partial charge in [-0.1, -0.05) is 25.1 Å². The van der Waals surface area contributed by atoms with Crippen LogP contribution in [0.3, 0.4) is 0 Å². The number of aromatic hydroxyl groups is 1. The van der Waals surface area contributed by atoms with E-state index in [0.717, 1.165) is 11.3 Å². The van der Waals surface area contributed by atoms with Gasteiger partial charge >= 0.3 is 0 Å². The van der Waals surface area contributed by atoms with Crippen molar-refractivity contribution < 1.29 is 19.4 Å². The molecular formula is C20H22N2O4. The standard InChI is InChI=1S/C20H22N2O4/c1-4-20(24)22-16(14-7-5-6-8-17(14)23)12-15(21-22)13-9-10-18(25-2)19(11-13)26-3/h5-11,16,23H,4,12H2,1-3H3/t16-/m1/s1. The fourth-order valence-electron chi connectivity index (χ4n) is 3.10. The summed E-state index contributed by atoms with van der Waals surface area (Å²) in [4.78, 5) is 12.4. The molecule has 0 unspecified atom stereocenters. The zero-order valence-electron chi connectivity index (χ0n) is 15.1. The first-order valence-corrected chi connectivity index (χ1v) is 8.48. The minimum absolute atomic E-state index is 0.0891. The van der Waals surface area contributed by atoms with Crippen molar-refractivity contribution in [3.05, 3.63) is 53.6 Å². The summed E-state index contributed by atoms with van der Waals surface area (Å²) >= 11 is 0. The molecule has 0 saturated carbocycles. The van der Waals surface area contributed by atoms with Gasteiger partial charge < -0.3 is 14.6 Å². The van der Waals surface area contributed by atoms with Gasteiger partial charge in [0.15, 0.2) is 11.5 Å². The molecule has 1 N–H and O–H groups in total. The van der Waals surface area contributed by atoms with E-state index in [4.69, 9.17) is 9.47 Å². The van der Waals surface area contributed by atoms with Crippen LogP contribution < -0.4 is 9.47 Å². The van der Waals surface area contributed by atoms with Gasteiger partial charge in [-0.15, -0.1) is 0 Å². The smallest absolute Gasteiger partial charge is 0.242 e. The van der Waals surface area contributed by atoms with Gasteiger partial charge in [0.25, 0.3) is 0 Å². The average Bonchev–Trinajstić information content (AvgIpc) is 3.12. The average molecular weight is 354 g/mol. The van der Waals surface area contributed by atoms with Crippen molar-refractivity contribution in [1.82, 2.24) is 5.01 Å². The predicted molar refractivity (Wildman–Crippen MR) is 98.7 cm³/mol. The second-order valence-electron chi connectivity index (χ2n) is 5.99. The SMILES string of the molecule is CCC(=O)N1N=C(c2ccc(OC)c(OC)c2)C[C@@H]1c1ccccc1O. The Labute approximate surface area is 152 Å². The minimum atomic E-state index is -0.327. The van der Waals surface area contributed by atoms with Crippen LogP contribution in [0.15, 0.2) is 47.6 Å². The van der Waals surface area contributed by atoms with Gasteiger partial charge in [-0.3, -0.25) is 4.79 Å². The molecule has 0 spiro atoms. The van der Waals surface area contributed by atoms with Crippen molar-refractivity contribution in [2.24, 2.45) is 5.10 Å². The molecule has 26 heavy (non-hydrogen) atoms. The number of rotatable bonds is 5. The first-order chi connectivity index (χ1) is 12.6. The molecule has 1 aliphatic rings. The molecule has 3 rings (SSSR count). The number of carbonyl (C=O) groups is 1. The highest BCUT2D eigenvalue weighted by atomic mass is 16.5. The van der Waals surface area contributed by atoms with E-state index in [-0.39, 0.29) is 17.7 Å². The molecule has 0 saturated heterocycles. The highest BCUT2D eigenvalue weighted by Crippen LogP contribution is 2.38. The fraction of sp³-hybridized carbons (Fsp3) is 0.300. The number of benzene rings is 2. The Kier molecular flexibility index (Phi) is 5.11. The number of hydrogen-bond acceptors (Lipinski definition) is 5. The second kappa shape index (κ2) is 7.47. The van der Waals surface area contributed by atoms with Crippen LogP contribution in [0, 0.1) is 0 Å². The molecule has 0 bridgehead atoms. The van der Waals surface area contributed by atoms with Crippen molar-refractivity contribution in [2.45, 2.75) is 25.8 Å². The highest BCUT2D eigenvalue weighted by Gasteiger charge is 2.33. The van der Waals surface area contributed by atoms with Gasteiger partial charge in [0.05, 0.1) is 26.0 Å². The molecule has 136 valence electrons. The third-order valence-corrected chi connectivity index (χ3v) is 4.48. The summed E-state index contributed by atoms with van der Waals surface area (Å²) in [5.74, 6) is 1.31. The number of carbonyl (C=O) groups excluding carboxylic acids is 1. The van der Waals surface area contributed by atoms with Crippen LogP contribution in [0.5, 0.6) is 17.2 Å². The lowest BCUT2D eigenvalue weighted by atomic mass is 9.97. The van der Waals surface area contributed by atoms with Crippen LogP contribution in [0.4, 0.5) is 0 Å². The number of phenolic OH excluding ortho intramolecular Hbond substituents is 1. The maximum Gasteiger partial charge on any atom is 0.242 e. The monoisotopic (exact) mass is 354 g/mol. The number of phenols is 1. The third-order valence-electron chi connectivity index (χ3n) is 4.48. The van der Waals surface area contributed by atoms with E-state index in [1.54, 1.807) is 33.3 Å². The lowest BCUT2D eigenvalue weighted by molar-refractivity contribution is -0.132. The lowest BCUT2D eigenvalue weighted by Gasteiger charge is -2.22. The minimum Gasteiger partial charge on any atom is -0.508 e. The van der Waals surface area contributed by atoms with Crippen LogP contribution >= 0.6 is 0 Å². The molecule has 0 radical (unpaired) electrons. The number of para-hydroxylation sites is 1. The van der Waals surface area contributed by atoms with Crippen molar-refractivity contribution in [2.75, 3.05) is 14.2 Å². The van der Waals surface area contributed by atoms with Crippen molar-refractivity contribution >= 4 is 11.6 Å². The van der Waals surface area contributed by atoms with Gasteiger partial charge in [-0.2, -0.15) is 5.10 Å². The van der Waals surface area contributed by atoms with Crippen LogP contribution in [-0.4, -0.2) is 36.0 Å². The quantitative estimate of drug-likeness (QED) is 0.892. The fourth-order valence-corrected chi connectivity index (χ4v) is 3.10. The Morgan fingerprint density at radius 2 is 1.92 bits per heavy atom. The van der Waals surface area contributed by atoms with Gasteiger partial charge in [-0.05, 0) is 24.3 Å². The first-order valence-electron chi connectivity index (χ1n) is 8.48. The molecule has 1 heterocycles. The van der Waals surface area contributed by atoms with Gasteiger partial charge in [0, 0.05) is 24.0 Å². The molecule has 1 atom stereocenters. The Hall–Kier alpha value is -3.02. The topological polar surface area (TPSA) is 71.4 Å². The van der Waals surface area contributed by atoms with Crippen molar-refractivity contribution in [1.29, 1.82) is 0 Å². The second-order valence-corrected chi connectivity index (χ2v) is 5.99. The molecule has 6 heteroatoms. The molecule has 0 aliphatic carbocycles. The Morgan fingerprint density at radius 1 is 1.19 bits per heavy atom. The van der Waals surface area contributed by atoms with E-state index in [2.05, 4.69) is 5.10 Å². The number of ether oxygens (including phenoxy) is 2. The third kappa shape index (κ3) is 3.22. The van der Waals surface area contributed by atoms with Crippen LogP contribution in [-0.2, 0) is 4.79 Å². The maximum absolute atomic E-state index is 12.4. The van der Waals surface area contributed by atoms with Gasteiger partial charge in [-0.25, -0.2) is 5.01 Å². The molecule has 0 aromatic heterocycles. The largest absolute Gasteiger partial charge is 0.508 e. The summed E-state index contributed by atoms with van der Waals surface area (Å²) < 4.78 is 10.6. The van der Waals surface area contributed by atoms with Crippen molar-refractivity contribution in [3.8, 4) is 17.2 Å². The summed E-state index contributed by atoms with van der Waals surface area (Å²) in [5.41, 5.74) is 2.31. The number of amides is 1. The highest BCUT2D eigenvalue weighted by molar-refractivity contribution is 6.03. The molecule has 1 amide bonds. The Morgan fingerprint density at radius 3 is 2.58 bits per heavy atom. The van der Waals surface area contributed by atoms with E-state index in [0.29, 0.717) is 29.9 Å². The summed E-state index contributed by atoms with van der Waals surface area (Å²) in [6, 6.07) is 12.3. The molecule has 2 aromatic carbocycles. The molecule has 2 aromatic rings. The Balaban J connectivity index is 1.99. The van der Waals surface area contributed by atoms with E-state index in [1.807, 2.05) is 30.3 Å². The number of nitrogens with zero attached hydrogens (tertiary/aromatic N) is 2. The van der Waals surface area contributed by atoms with E-state index >= 15 is 0 Å².